The lowest BCUT2D eigenvalue weighted by molar-refractivity contribution is 0.158. The highest BCUT2D eigenvalue weighted by Gasteiger charge is 2.31. The molecule has 1 unspecified atom stereocenters. The predicted octanol–water partition coefficient (Wildman–Crippen LogP) is 2.43. The first-order chi connectivity index (χ1) is 6.61. The Morgan fingerprint density at radius 3 is 2.36 bits per heavy atom. The van der Waals surface area contributed by atoms with Gasteiger partial charge < -0.3 is 4.74 Å². The van der Waals surface area contributed by atoms with Gasteiger partial charge in [0.2, 0.25) is 0 Å². The summed E-state index contributed by atoms with van der Waals surface area (Å²) in [5.41, 5.74) is 1.31. The highest BCUT2D eigenvalue weighted by atomic mass is 28.3. The van der Waals surface area contributed by atoms with Gasteiger partial charge in [-0.25, -0.2) is 9.97 Å². The summed E-state index contributed by atoms with van der Waals surface area (Å²) < 4.78 is 5.57. The van der Waals surface area contributed by atoms with Crippen molar-refractivity contribution in [3.05, 3.63) is 24.3 Å². The number of ether oxygens (including phenoxy) is 1. The fourth-order valence-electron chi connectivity index (χ4n) is 1.54. The van der Waals surface area contributed by atoms with E-state index in [-0.39, 0.29) is 5.73 Å². The van der Waals surface area contributed by atoms with E-state index in [9.17, 15) is 0 Å². The van der Waals surface area contributed by atoms with Gasteiger partial charge in [-0.2, -0.15) is 0 Å². The number of rotatable bonds is 4. The standard InChI is InChI=1S/C10H18N2OSi/c1-5-14(3,4)10(13-2)9-6-11-8-12-7-9/h6-8,10H,5H2,1-4H3. The molecule has 0 saturated carbocycles. The molecule has 0 aliphatic carbocycles. The zero-order chi connectivity index (χ0) is 10.6. The van der Waals surface area contributed by atoms with Gasteiger partial charge in [0.15, 0.2) is 0 Å². The van der Waals surface area contributed by atoms with Crippen molar-refractivity contribution in [2.24, 2.45) is 0 Å². The molecule has 1 atom stereocenters. The van der Waals surface area contributed by atoms with Crippen molar-refractivity contribution < 1.29 is 4.74 Å². The number of methoxy groups -OCH3 is 1. The molecule has 0 aliphatic heterocycles. The largest absolute Gasteiger partial charge is 0.380 e. The van der Waals surface area contributed by atoms with Crippen LogP contribution in [0.4, 0.5) is 0 Å². The summed E-state index contributed by atoms with van der Waals surface area (Å²) >= 11 is 0. The molecule has 4 heteroatoms. The minimum atomic E-state index is -1.35. The third-order valence-electron chi connectivity index (χ3n) is 2.74. The van der Waals surface area contributed by atoms with E-state index in [1.807, 2.05) is 12.4 Å². The van der Waals surface area contributed by atoms with Gasteiger partial charge in [-0.3, -0.25) is 0 Å². The third-order valence-corrected chi connectivity index (χ3v) is 6.55. The van der Waals surface area contributed by atoms with Crippen LogP contribution in [0.3, 0.4) is 0 Å². The Morgan fingerprint density at radius 2 is 1.93 bits per heavy atom. The Balaban J connectivity index is 2.93. The van der Waals surface area contributed by atoms with Gasteiger partial charge in [0.1, 0.15) is 6.33 Å². The van der Waals surface area contributed by atoms with Crippen molar-refractivity contribution in [2.75, 3.05) is 7.11 Å². The van der Waals surface area contributed by atoms with Crippen molar-refractivity contribution in [2.45, 2.75) is 31.8 Å². The normalized spacial score (nSPS) is 14.0. The van der Waals surface area contributed by atoms with E-state index in [0.29, 0.717) is 0 Å². The van der Waals surface area contributed by atoms with Crippen LogP contribution in [0, 0.1) is 0 Å². The zero-order valence-corrected chi connectivity index (χ0v) is 10.3. The Morgan fingerprint density at radius 1 is 1.36 bits per heavy atom. The maximum absolute atomic E-state index is 5.57. The highest BCUT2D eigenvalue weighted by Crippen LogP contribution is 2.29. The molecule has 0 N–H and O–H groups in total. The van der Waals surface area contributed by atoms with E-state index >= 15 is 0 Å². The molecule has 0 fully saturated rings. The first-order valence-electron chi connectivity index (χ1n) is 4.89. The van der Waals surface area contributed by atoms with Gasteiger partial charge in [0.05, 0.1) is 13.8 Å². The summed E-state index contributed by atoms with van der Waals surface area (Å²) in [5, 5.41) is 0. The van der Waals surface area contributed by atoms with E-state index < -0.39 is 8.07 Å². The van der Waals surface area contributed by atoms with Gasteiger partial charge >= 0.3 is 0 Å². The van der Waals surface area contributed by atoms with Crippen LogP contribution in [-0.2, 0) is 4.74 Å². The summed E-state index contributed by atoms with van der Waals surface area (Å²) in [6.07, 6.45) is 5.26. The van der Waals surface area contributed by atoms with Gasteiger partial charge in [0, 0.05) is 25.1 Å². The summed E-state index contributed by atoms with van der Waals surface area (Å²) in [5.74, 6) is 0. The van der Waals surface area contributed by atoms with Gasteiger partial charge in [-0.1, -0.05) is 26.1 Å². The average Bonchev–Trinajstić information content (AvgIpc) is 2.20. The second-order valence-electron chi connectivity index (χ2n) is 4.13. The smallest absolute Gasteiger partial charge is 0.115 e. The third kappa shape index (κ3) is 2.39. The first-order valence-corrected chi connectivity index (χ1v) is 8.18. The lowest BCUT2D eigenvalue weighted by Gasteiger charge is -2.30. The van der Waals surface area contributed by atoms with E-state index in [0.717, 1.165) is 5.56 Å². The molecule has 1 aromatic heterocycles. The molecule has 0 bridgehead atoms. The Labute approximate surface area is 86.6 Å². The minimum absolute atomic E-state index is 0.202. The average molecular weight is 210 g/mol. The molecule has 0 saturated heterocycles. The van der Waals surface area contributed by atoms with Crippen LogP contribution in [-0.4, -0.2) is 25.2 Å². The quantitative estimate of drug-likeness (QED) is 0.716. The highest BCUT2D eigenvalue weighted by molar-refractivity contribution is 6.78. The topological polar surface area (TPSA) is 35.0 Å². The molecule has 0 spiro atoms. The Kier molecular flexibility index (Phi) is 3.77. The van der Waals surface area contributed by atoms with Crippen LogP contribution in [0.25, 0.3) is 0 Å². The summed E-state index contributed by atoms with van der Waals surface area (Å²) in [6.45, 7) is 6.88. The molecule has 78 valence electrons. The molecule has 1 rings (SSSR count). The summed E-state index contributed by atoms with van der Waals surface area (Å²) in [4.78, 5) is 8.06. The van der Waals surface area contributed by atoms with Crippen molar-refractivity contribution >= 4 is 8.07 Å². The fraction of sp³-hybridized carbons (Fsp3) is 0.600. The molecule has 14 heavy (non-hydrogen) atoms. The van der Waals surface area contributed by atoms with Crippen molar-refractivity contribution in [3.63, 3.8) is 0 Å². The zero-order valence-electron chi connectivity index (χ0n) is 9.32. The lowest BCUT2D eigenvalue weighted by atomic mass is 10.4. The van der Waals surface area contributed by atoms with E-state index in [4.69, 9.17) is 4.74 Å². The molecular weight excluding hydrogens is 192 g/mol. The van der Waals surface area contributed by atoms with Crippen LogP contribution in [0.2, 0.25) is 19.1 Å². The van der Waals surface area contributed by atoms with Gasteiger partial charge in [-0.15, -0.1) is 0 Å². The molecule has 0 aliphatic rings. The first kappa shape index (κ1) is 11.3. The minimum Gasteiger partial charge on any atom is -0.380 e. The molecule has 0 radical (unpaired) electrons. The lowest BCUT2D eigenvalue weighted by Crippen LogP contribution is -2.35. The van der Waals surface area contributed by atoms with E-state index in [1.54, 1.807) is 13.4 Å². The number of aromatic nitrogens is 2. The predicted molar refractivity (Wildman–Crippen MR) is 59.7 cm³/mol. The van der Waals surface area contributed by atoms with Crippen LogP contribution >= 0.6 is 0 Å². The van der Waals surface area contributed by atoms with Gasteiger partial charge in [-0.05, 0) is 0 Å². The monoisotopic (exact) mass is 210 g/mol. The molecule has 0 amide bonds. The van der Waals surface area contributed by atoms with Crippen LogP contribution < -0.4 is 0 Å². The van der Waals surface area contributed by atoms with Crippen LogP contribution in [0.15, 0.2) is 18.7 Å². The number of hydrogen-bond acceptors (Lipinski definition) is 3. The number of hydrogen-bond donors (Lipinski definition) is 0. The molecule has 0 aromatic carbocycles. The summed E-state index contributed by atoms with van der Waals surface area (Å²) in [6, 6.07) is 1.19. The summed E-state index contributed by atoms with van der Waals surface area (Å²) in [7, 11) is 0.416. The van der Waals surface area contributed by atoms with E-state index in [1.165, 1.54) is 6.04 Å². The Hall–Kier alpha value is -0.743. The molecule has 1 heterocycles. The van der Waals surface area contributed by atoms with Crippen molar-refractivity contribution in [3.8, 4) is 0 Å². The molecular formula is C10H18N2OSi. The second-order valence-corrected chi connectivity index (χ2v) is 9.34. The van der Waals surface area contributed by atoms with Crippen LogP contribution in [0.5, 0.6) is 0 Å². The SMILES string of the molecule is CC[Si](C)(C)C(OC)c1cncnc1. The van der Waals surface area contributed by atoms with Gasteiger partial charge in [0.25, 0.3) is 0 Å². The molecule has 1 aromatic rings. The fourth-order valence-corrected chi connectivity index (χ4v) is 3.60. The number of nitrogens with zero attached hydrogens (tertiary/aromatic N) is 2. The van der Waals surface area contributed by atoms with Crippen molar-refractivity contribution in [1.29, 1.82) is 0 Å². The second kappa shape index (κ2) is 4.66. The maximum Gasteiger partial charge on any atom is 0.115 e. The van der Waals surface area contributed by atoms with Crippen molar-refractivity contribution in [1.82, 2.24) is 9.97 Å². The maximum atomic E-state index is 5.57. The van der Waals surface area contributed by atoms with Crippen LogP contribution in [0.1, 0.15) is 18.2 Å². The molecule has 3 nitrogen and oxygen atoms in total. The van der Waals surface area contributed by atoms with E-state index in [2.05, 4.69) is 30.0 Å². The Bertz CT molecular complexity index is 277.